The van der Waals surface area contributed by atoms with Crippen LogP contribution in [0.4, 0.5) is 4.39 Å². The Balaban J connectivity index is 1.95. The molecule has 0 unspecified atom stereocenters. The van der Waals surface area contributed by atoms with E-state index < -0.39 is 10.0 Å². The molecule has 0 bridgehead atoms. The highest BCUT2D eigenvalue weighted by Crippen LogP contribution is 2.22. The van der Waals surface area contributed by atoms with Crippen LogP contribution < -0.4 is 0 Å². The number of hydrogen-bond donors (Lipinski definition) is 0. The van der Waals surface area contributed by atoms with Gasteiger partial charge in [0.15, 0.2) is 5.76 Å². The van der Waals surface area contributed by atoms with Crippen molar-refractivity contribution in [2.45, 2.75) is 31.8 Å². The summed E-state index contributed by atoms with van der Waals surface area (Å²) in [4.78, 5) is 0.196. The molecule has 0 fully saturated rings. The summed E-state index contributed by atoms with van der Waals surface area (Å²) in [6.45, 7) is 3.79. The van der Waals surface area contributed by atoms with E-state index in [-0.39, 0.29) is 23.8 Å². The molecule has 0 spiro atoms. The van der Waals surface area contributed by atoms with Gasteiger partial charge in [0.05, 0.1) is 17.1 Å². The predicted molar refractivity (Wildman–Crippen MR) is 95.3 cm³/mol. The molecule has 26 heavy (non-hydrogen) atoms. The number of rotatable bonds is 6. The van der Waals surface area contributed by atoms with E-state index in [2.05, 4.69) is 5.16 Å². The van der Waals surface area contributed by atoms with Crippen molar-refractivity contribution >= 4 is 10.0 Å². The number of halogens is 1. The van der Waals surface area contributed by atoms with E-state index in [0.29, 0.717) is 17.0 Å². The van der Waals surface area contributed by atoms with Gasteiger partial charge in [-0.3, -0.25) is 0 Å². The lowest BCUT2D eigenvalue weighted by Gasteiger charge is -2.21. The van der Waals surface area contributed by atoms with Gasteiger partial charge in [0.1, 0.15) is 5.82 Å². The Morgan fingerprint density at radius 3 is 2.23 bits per heavy atom. The molecule has 0 aliphatic rings. The van der Waals surface area contributed by atoms with E-state index in [1.54, 1.807) is 49.4 Å². The number of benzene rings is 2. The maximum absolute atomic E-state index is 13.2. The van der Waals surface area contributed by atoms with Crippen molar-refractivity contribution in [1.82, 2.24) is 9.46 Å². The fraction of sp³-hybridized carbons (Fsp3) is 0.211. The Hall–Kier alpha value is -2.51. The van der Waals surface area contributed by atoms with Crippen LogP contribution >= 0.6 is 0 Å². The summed E-state index contributed by atoms with van der Waals surface area (Å²) in [7, 11) is -3.76. The summed E-state index contributed by atoms with van der Waals surface area (Å²) >= 11 is 0. The molecule has 0 saturated carbocycles. The van der Waals surface area contributed by atoms with E-state index in [1.807, 2.05) is 6.92 Å². The summed E-state index contributed by atoms with van der Waals surface area (Å²) < 4.78 is 45.9. The maximum Gasteiger partial charge on any atom is 0.243 e. The first-order valence-corrected chi connectivity index (χ1v) is 9.52. The molecule has 2 aromatic carbocycles. The number of nitrogens with zero attached hydrogens (tertiary/aromatic N) is 2. The number of aryl methyl sites for hydroxylation is 2. The fourth-order valence-corrected chi connectivity index (χ4v) is 3.94. The number of aromatic nitrogens is 1. The molecule has 0 N–H and O–H groups in total. The Labute approximate surface area is 152 Å². The minimum atomic E-state index is -3.76. The molecular formula is C19H19FN2O3S. The van der Waals surface area contributed by atoms with E-state index in [1.165, 1.54) is 16.4 Å². The van der Waals surface area contributed by atoms with Crippen LogP contribution in [0.15, 0.2) is 64.0 Å². The van der Waals surface area contributed by atoms with Crippen LogP contribution in [0.25, 0.3) is 0 Å². The van der Waals surface area contributed by atoms with Crippen molar-refractivity contribution in [2.24, 2.45) is 0 Å². The summed E-state index contributed by atoms with van der Waals surface area (Å²) in [5, 5.41) is 3.81. The molecule has 0 aliphatic heterocycles. The molecule has 3 aromatic rings. The summed E-state index contributed by atoms with van der Waals surface area (Å²) in [6, 6.07) is 14.1. The minimum Gasteiger partial charge on any atom is -0.360 e. The minimum absolute atomic E-state index is 0.0361. The Bertz CT molecular complexity index is 980. The van der Waals surface area contributed by atoms with Gasteiger partial charge in [0.2, 0.25) is 10.0 Å². The van der Waals surface area contributed by atoms with Crippen molar-refractivity contribution in [1.29, 1.82) is 0 Å². The summed E-state index contributed by atoms with van der Waals surface area (Å²) in [6.07, 6.45) is 0. The van der Waals surface area contributed by atoms with Gasteiger partial charge in [-0.25, -0.2) is 12.8 Å². The topological polar surface area (TPSA) is 63.4 Å². The van der Waals surface area contributed by atoms with Gasteiger partial charge >= 0.3 is 0 Å². The van der Waals surface area contributed by atoms with Crippen LogP contribution in [-0.4, -0.2) is 17.9 Å². The average Bonchev–Trinajstić information content (AvgIpc) is 3.01. The smallest absolute Gasteiger partial charge is 0.243 e. The fourth-order valence-electron chi connectivity index (χ4n) is 2.54. The van der Waals surface area contributed by atoms with Crippen LogP contribution in [-0.2, 0) is 23.1 Å². The SMILES string of the molecule is Cc1ccc(S(=O)(=O)N(Cc2ccc(F)cc2)Cc2cc(C)no2)cc1. The lowest BCUT2D eigenvalue weighted by Crippen LogP contribution is -2.30. The first-order valence-electron chi connectivity index (χ1n) is 8.08. The Kier molecular flexibility index (Phi) is 5.20. The van der Waals surface area contributed by atoms with Gasteiger partial charge in [-0.15, -0.1) is 0 Å². The Morgan fingerprint density at radius 1 is 1.00 bits per heavy atom. The summed E-state index contributed by atoms with van der Waals surface area (Å²) in [5.41, 5.74) is 2.33. The third kappa shape index (κ3) is 4.17. The third-order valence-corrected chi connectivity index (χ3v) is 5.75. The van der Waals surface area contributed by atoms with E-state index >= 15 is 0 Å². The van der Waals surface area contributed by atoms with Crippen molar-refractivity contribution in [3.05, 3.63) is 83.0 Å². The second-order valence-corrected chi connectivity index (χ2v) is 8.09. The van der Waals surface area contributed by atoms with Crippen molar-refractivity contribution < 1.29 is 17.3 Å². The third-order valence-electron chi connectivity index (χ3n) is 3.94. The molecule has 0 aliphatic carbocycles. The van der Waals surface area contributed by atoms with Gasteiger partial charge in [-0.05, 0) is 43.7 Å². The van der Waals surface area contributed by atoms with E-state index in [9.17, 15) is 12.8 Å². The molecule has 1 heterocycles. The second kappa shape index (κ2) is 7.39. The van der Waals surface area contributed by atoms with E-state index in [0.717, 1.165) is 5.56 Å². The van der Waals surface area contributed by atoms with Crippen LogP contribution in [0.1, 0.15) is 22.6 Å². The van der Waals surface area contributed by atoms with Crippen molar-refractivity contribution in [3.8, 4) is 0 Å². The molecule has 0 saturated heterocycles. The molecule has 1 aromatic heterocycles. The molecule has 0 amide bonds. The highest BCUT2D eigenvalue weighted by Gasteiger charge is 2.26. The van der Waals surface area contributed by atoms with Crippen molar-refractivity contribution in [2.75, 3.05) is 0 Å². The van der Waals surface area contributed by atoms with Crippen LogP contribution in [0.3, 0.4) is 0 Å². The molecule has 0 atom stereocenters. The first kappa shape index (κ1) is 18.3. The number of sulfonamides is 1. The van der Waals surface area contributed by atoms with Crippen LogP contribution in [0, 0.1) is 19.7 Å². The zero-order valence-corrected chi connectivity index (χ0v) is 15.3. The van der Waals surface area contributed by atoms with Gasteiger partial charge in [0.25, 0.3) is 0 Å². The largest absolute Gasteiger partial charge is 0.360 e. The summed E-state index contributed by atoms with van der Waals surface area (Å²) in [5.74, 6) is 0.0767. The average molecular weight is 374 g/mol. The first-order chi connectivity index (χ1) is 12.3. The Morgan fingerprint density at radius 2 is 1.65 bits per heavy atom. The van der Waals surface area contributed by atoms with Gasteiger partial charge in [-0.1, -0.05) is 35.0 Å². The second-order valence-electron chi connectivity index (χ2n) is 6.15. The zero-order valence-electron chi connectivity index (χ0n) is 14.5. The zero-order chi connectivity index (χ0) is 18.7. The van der Waals surface area contributed by atoms with E-state index in [4.69, 9.17) is 4.52 Å². The van der Waals surface area contributed by atoms with Crippen molar-refractivity contribution in [3.63, 3.8) is 0 Å². The molecule has 136 valence electrons. The highest BCUT2D eigenvalue weighted by atomic mass is 32.2. The molecule has 5 nitrogen and oxygen atoms in total. The molecule has 0 radical (unpaired) electrons. The van der Waals surface area contributed by atoms with Crippen LogP contribution in [0.5, 0.6) is 0 Å². The normalized spacial score (nSPS) is 11.8. The lowest BCUT2D eigenvalue weighted by molar-refractivity contribution is 0.317. The number of hydrogen-bond acceptors (Lipinski definition) is 4. The molecular weight excluding hydrogens is 355 g/mol. The van der Waals surface area contributed by atoms with Gasteiger partial charge in [-0.2, -0.15) is 4.31 Å². The quantitative estimate of drug-likeness (QED) is 0.658. The van der Waals surface area contributed by atoms with Gasteiger partial charge < -0.3 is 4.52 Å². The predicted octanol–water partition coefficient (Wildman–Crippen LogP) is 3.82. The molecule has 7 heteroatoms. The van der Waals surface area contributed by atoms with Gasteiger partial charge in [0, 0.05) is 12.6 Å². The monoisotopic (exact) mass is 374 g/mol. The van der Waals surface area contributed by atoms with Crippen LogP contribution in [0.2, 0.25) is 0 Å². The standard InChI is InChI=1S/C19H19FN2O3S/c1-14-3-9-19(10-4-14)26(23,24)22(13-18-11-15(2)21-25-18)12-16-5-7-17(20)8-6-16/h3-11H,12-13H2,1-2H3. The highest BCUT2D eigenvalue weighted by molar-refractivity contribution is 7.89. The maximum atomic E-state index is 13.2. The molecule has 3 rings (SSSR count). The lowest BCUT2D eigenvalue weighted by atomic mass is 10.2.